The maximum absolute atomic E-state index is 10.5. The summed E-state index contributed by atoms with van der Waals surface area (Å²) in [6.45, 7) is 1.80. The minimum Gasteiger partial charge on any atom is -0.481 e. The van der Waals surface area contributed by atoms with Crippen molar-refractivity contribution < 1.29 is 9.90 Å². The van der Waals surface area contributed by atoms with Gasteiger partial charge in [-0.1, -0.05) is 0 Å². The molecular weight excluding hydrogens is 198 g/mol. The minimum absolute atomic E-state index is 0.0609. The Morgan fingerprint density at radius 1 is 1.64 bits per heavy atom. The second-order valence-corrected chi connectivity index (χ2v) is 3.46. The Hall–Kier alpha value is -1.47. The van der Waals surface area contributed by atoms with Crippen molar-refractivity contribution >= 4 is 18.6 Å². The van der Waals surface area contributed by atoms with E-state index in [4.69, 9.17) is 10.4 Å². The van der Waals surface area contributed by atoms with E-state index in [1.54, 1.807) is 19.1 Å². The van der Waals surface area contributed by atoms with Crippen molar-refractivity contribution in [2.45, 2.75) is 18.2 Å². The summed E-state index contributed by atoms with van der Waals surface area (Å²) in [6.07, 6.45) is -0.0609. The number of aliphatic carboxylic acids is 1. The lowest BCUT2D eigenvalue weighted by Gasteiger charge is -2.05. The fraction of sp³-hybridized carbons (Fsp3) is 0.200. The lowest BCUT2D eigenvalue weighted by atomic mass is 10.0. The summed E-state index contributed by atoms with van der Waals surface area (Å²) in [5.74, 6) is -0.899. The minimum atomic E-state index is -0.899. The predicted octanol–water partition coefficient (Wildman–Crippen LogP) is 1.78. The molecule has 0 saturated heterocycles. The number of nitrogens with zero attached hydrogens (tertiary/aromatic N) is 1. The van der Waals surface area contributed by atoms with Gasteiger partial charge in [-0.25, -0.2) is 0 Å². The zero-order valence-corrected chi connectivity index (χ0v) is 8.51. The number of hydrogen-bond donors (Lipinski definition) is 2. The van der Waals surface area contributed by atoms with E-state index in [2.05, 4.69) is 12.6 Å². The van der Waals surface area contributed by atoms with Crippen LogP contribution in [0.4, 0.5) is 0 Å². The van der Waals surface area contributed by atoms with E-state index in [0.29, 0.717) is 16.0 Å². The molecule has 72 valence electrons. The van der Waals surface area contributed by atoms with Crippen LogP contribution in [0.5, 0.6) is 0 Å². The zero-order valence-electron chi connectivity index (χ0n) is 7.61. The third-order valence-corrected chi connectivity index (χ3v) is 2.29. The number of carboxylic acid groups (broad SMARTS) is 1. The first kappa shape index (κ1) is 10.6. The first-order valence-electron chi connectivity index (χ1n) is 3.99. The molecule has 1 rings (SSSR count). The molecular formula is C10H9NO2S. The number of hydrogen-bond acceptors (Lipinski definition) is 3. The molecule has 0 aromatic heterocycles. The second-order valence-electron chi connectivity index (χ2n) is 2.98. The number of nitriles is 1. The lowest BCUT2D eigenvalue weighted by molar-refractivity contribution is -0.136. The van der Waals surface area contributed by atoms with Crippen LogP contribution in [0.2, 0.25) is 0 Å². The average molecular weight is 207 g/mol. The molecule has 0 aliphatic carbocycles. The van der Waals surface area contributed by atoms with E-state index in [1.807, 2.05) is 6.07 Å². The van der Waals surface area contributed by atoms with Crippen molar-refractivity contribution in [1.29, 1.82) is 5.26 Å². The third kappa shape index (κ3) is 2.27. The third-order valence-electron chi connectivity index (χ3n) is 1.92. The van der Waals surface area contributed by atoms with E-state index in [9.17, 15) is 4.79 Å². The Balaban J connectivity index is 3.19. The van der Waals surface area contributed by atoms with Crippen LogP contribution in [-0.4, -0.2) is 11.1 Å². The molecule has 0 aliphatic rings. The summed E-state index contributed by atoms with van der Waals surface area (Å²) in [6, 6.07) is 5.25. The van der Waals surface area contributed by atoms with Gasteiger partial charge in [0.15, 0.2) is 0 Å². The predicted molar refractivity (Wildman–Crippen MR) is 54.5 cm³/mol. The van der Waals surface area contributed by atoms with Gasteiger partial charge in [0.1, 0.15) is 6.07 Å². The molecule has 1 aromatic rings. The highest BCUT2D eigenvalue weighted by molar-refractivity contribution is 7.80. The Labute approximate surface area is 87.4 Å². The molecule has 0 saturated carbocycles. The highest BCUT2D eigenvalue weighted by atomic mass is 32.1. The molecule has 4 heteroatoms. The van der Waals surface area contributed by atoms with Gasteiger partial charge in [-0.3, -0.25) is 4.79 Å². The molecule has 0 radical (unpaired) electrons. The first-order chi connectivity index (χ1) is 6.54. The van der Waals surface area contributed by atoms with Gasteiger partial charge >= 0.3 is 5.97 Å². The molecule has 1 aromatic carbocycles. The summed E-state index contributed by atoms with van der Waals surface area (Å²) in [7, 11) is 0. The standard InChI is InChI=1S/C10H9NO2S/c1-6-2-9(14)8(5-11)3-7(6)4-10(12)13/h2-3,14H,4H2,1H3,(H,12,13). The van der Waals surface area contributed by atoms with E-state index in [1.165, 1.54) is 0 Å². The van der Waals surface area contributed by atoms with Crippen molar-refractivity contribution in [3.63, 3.8) is 0 Å². The van der Waals surface area contributed by atoms with Gasteiger partial charge in [0.05, 0.1) is 12.0 Å². The monoisotopic (exact) mass is 207 g/mol. The molecule has 1 N–H and O–H groups in total. The fourth-order valence-corrected chi connectivity index (χ4v) is 1.49. The van der Waals surface area contributed by atoms with Gasteiger partial charge in [-0.05, 0) is 30.2 Å². The maximum atomic E-state index is 10.5. The van der Waals surface area contributed by atoms with Crippen LogP contribution in [0.25, 0.3) is 0 Å². The van der Waals surface area contributed by atoms with Gasteiger partial charge in [0.2, 0.25) is 0 Å². The zero-order chi connectivity index (χ0) is 10.7. The van der Waals surface area contributed by atoms with Gasteiger partial charge in [0.25, 0.3) is 0 Å². The summed E-state index contributed by atoms with van der Waals surface area (Å²) < 4.78 is 0. The summed E-state index contributed by atoms with van der Waals surface area (Å²) in [5, 5.41) is 17.3. The number of thiol groups is 1. The van der Waals surface area contributed by atoms with Crippen molar-refractivity contribution in [3.8, 4) is 6.07 Å². The van der Waals surface area contributed by atoms with E-state index in [-0.39, 0.29) is 6.42 Å². The fourth-order valence-electron chi connectivity index (χ4n) is 1.18. The van der Waals surface area contributed by atoms with Crippen LogP contribution in [-0.2, 0) is 11.2 Å². The quantitative estimate of drug-likeness (QED) is 0.727. The second kappa shape index (κ2) is 4.16. The van der Waals surface area contributed by atoms with E-state index < -0.39 is 5.97 Å². The Bertz CT molecular complexity index is 421. The molecule has 0 bridgehead atoms. The number of rotatable bonds is 2. The van der Waals surface area contributed by atoms with Crippen LogP contribution >= 0.6 is 12.6 Å². The normalized spacial score (nSPS) is 9.50. The molecule has 0 unspecified atom stereocenters. The molecule has 0 amide bonds. The lowest BCUT2D eigenvalue weighted by Crippen LogP contribution is -2.02. The topological polar surface area (TPSA) is 61.1 Å². The molecule has 0 fully saturated rings. The largest absolute Gasteiger partial charge is 0.481 e. The molecule has 0 spiro atoms. The average Bonchev–Trinajstić information content (AvgIpc) is 2.09. The highest BCUT2D eigenvalue weighted by Gasteiger charge is 2.07. The van der Waals surface area contributed by atoms with Gasteiger partial charge in [0, 0.05) is 4.90 Å². The molecule has 3 nitrogen and oxygen atoms in total. The van der Waals surface area contributed by atoms with Gasteiger partial charge in [-0.15, -0.1) is 12.6 Å². The molecule has 14 heavy (non-hydrogen) atoms. The van der Waals surface area contributed by atoms with Crippen molar-refractivity contribution in [2.24, 2.45) is 0 Å². The SMILES string of the molecule is Cc1cc(S)c(C#N)cc1CC(=O)O. The van der Waals surface area contributed by atoms with E-state index >= 15 is 0 Å². The molecule has 0 heterocycles. The van der Waals surface area contributed by atoms with Crippen molar-refractivity contribution in [3.05, 3.63) is 28.8 Å². The molecule has 0 atom stereocenters. The Morgan fingerprint density at radius 3 is 2.79 bits per heavy atom. The van der Waals surface area contributed by atoms with Crippen molar-refractivity contribution in [1.82, 2.24) is 0 Å². The van der Waals surface area contributed by atoms with Crippen LogP contribution in [0.15, 0.2) is 17.0 Å². The van der Waals surface area contributed by atoms with Gasteiger partial charge in [-0.2, -0.15) is 5.26 Å². The smallest absolute Gasteiger partial charge is 0.307 e. The summed E-state index contributed by atoms with van der Waals surface area (Å²) >= 11 is 4.12. The van der Waals surface area contributed by atoms with Crippen LogP contribution in [0.1, 0.15) is 16.7 Å². The van der Waals surface area contributed by atoms with Crippen LogP contribution in [0.3, 0.4) is 0 Å². The first-order valence-corrected chi connectivity index (χ1v) is 4.43. The number of carbonyl (C=O) groups is 1. The Kier molecular flexibility index (Phi) is 3.15. The molecule has 0 aliphatic heterocycles. The highest BCUT2D eigenvalue weighted by Crippen LogP contribution is 2.19. The van der Waals surface area contributed by atoms with Crippen molar-refractivity contribution in [2.75, 3.05) is 0 Å². The Morgan fingerprint density at radius 2 is 2.29 bits per heavy atom. The number of aryl methyl sites for hydroxylation is 1. The summed E-state index contributed by atoms with van der Waals surface area (Å²) in [5.41, 5.74) is 1.92. The van der Waals surface area contributed by atoms with Crippen LogP contribution in [0, 0.1) is 18.3 Å². The van der Waals surface area contributed by atoms with E-state index in [0.717, 1.165) is 5.56 Å². The van der Waals surface area contributed by atoms with Crippen LogP contribution < -0.4 is 0 Å². The summed E-state index contributed by atoms with van der Waals surface area (Å²) in [4.78, 5) is 11.1. The number of carboxylic acids is 1. The maximum Gasteiger partial charge on any atom is 0.307 e. The number of benzene rings is 1. The van der Waals surface area contributed by atoms with Gasteiger partial charge < -0.3 is 5.11 Å².